The van der Waals surface area contributed by atoms with Crippen LogP contribution in [0.5, 0.6) is 0 Å². The van der Waals surface area contributed by atoms with Gasteiger partial charge in [0.15, 0.2) is 0 Å². The molecule has 0 fully saturated rings. The van der Waals surface area contributed by atoms with Crippen LogP contribution in [0.25, 0.3) is 0 Å². The van der Waals surface area contributed by atoms with E-state index in [-0.39, 0.29) is 0 Å². The van der Waals surface area contributed by atoms with Crippen LogP contribution < -0.4 is 5.32 Å². The van der Waals surface area contributed by atoms with Gasteiger partial charge >= 0.3 is 0 Å². The van der Waals surface area contributed by atoms with Crippen LogP contribution in [0.2, 0.25) is 0 Å². The van der Waals surface area contributed by atoms with E-state index in [1.807, 2.05) is 0 Å². The van der Waals surface area contributed by atoms with Crippen molar-refractivity contribution in [3.63, 3.8) is 0 Å². The van der Waals surface area contributed by atoms with Crippen LogP contribution in [0.4, 0.5) is 0 Å². The van der Waals surface area contributed by atoms with Crippen molar-refractivity contribution in [3.05, 3.63) is 35.9 Å². The van der Waals surface area contributed by atoms with Gasteiger partial charge in [-0.1, -0.05) is 58.0 Å². The quantitative estimate of drug-likeness (QED) is 0.788. The summed E-state index contributed by atoms with van der Waals surface area (Å²) >= 11 is 0. The van der Waals surface area contributed by atoms with Gasteiger partial charge in [0.25, 0.3) is 0 Å². The van der Waals surface area contributed by atoms with E-state index in [4.69, 9.17) is 0 Å². The molecular weight excluding hydrogens is 194 g/mol. The van der Waals surface area contributed by atoms with Gasteiger partial charge in [0.1, 0.15) is 0 Å². The lowest BCUT2D eigenvalue weighted by Gasteiger charge is -2.31. The van der Waals surface area contributed by atoms with Gasteiger partial charge in [-0.3, -0.25) is 0 Å². The predicted molar refractivity (Wildman–Crippen MR) is 71.5 cm³/mol. The molecule has 90 valence electrons. The molecule has 0 aliphatic carbocycles. The van der Waals surface area contributed by atoms with Crippen molar-refractivity contribution in [2.45, 2.75) is 40.7 Å². The number of benzene rings is 1. The zero-order chi connectivity index (χ0) is 12.2. The second kappa shape index (κ2) is 5.49. The van der Waals surface area contributed by atoms with Crippen LogP contribution in [-0.2, 0) is 0 Å². The molecule has 0 radical (unpaired) electrons. The van der Waals surface area contributed by atoms with Crippen LogP contribution in [0.3, 0.4) is 0 Å². The summed E-state index contributed by atoms with van der Waals surface area (Å²) in [7, 11) is 0. The van der Waals surface area contributed by atoms with Gasteiger partial charge in [-0.05, 0) is 23.8 Å². The molecule has 1 heteroatoms. The lowest BCUT2D eigenvalue weighted by molar-refractivity contribution is 0.230. The molecule has 0 heterocycles. The molecule has 0 saturated carbocycles. The fourth-order valence-electron chi connectivity index (χ4n) is 1.48. The molecule has 1 nitrogen and oxygen atoms in total. The molecule has 1 rings (SSSR count). The first kappa shape index (κ1) is 13.2. The molecule has 0 aliphatic rings. The summed E-state index contributed by atoms with van der Waals surface area (Å²) in [5, 5.41) is 3.62. The van der Waals surface area contributed by atoms with Gasteiger partial charge < -0.3 is 5.32 Å². The van der Waals surface area contributed by atoms with Crippen molar-refractivity contribution in [1.82, 2.24) is 5.32 Å². The van der Waals surface area contributed by atoms with E-state index in [9.17, 15) is 0 Å². The summed E-state index contributed by atoms with van der Waals surface area (Å²) in [5.74, 6) is 0.697. The lowest BCUT2D eigenvalue weighted by Crippen LogP contribution is -2.34. The molecule has 1 aromatic rings. The van der Waals surface area contributed by atoms with Crippen LogP contribution in [0.1, 0.15) is 46.2 Å². The van der Waals surface area contributed by atoms with E-state index in [1.54, 1.807) is 0 Å². The highest BCUT2D eigenvalue weighted by atomic mass is 14.9. The third-order valence-electron chi connectivity index (χ3n) is 3.73. The molecule has 1 N–H and O–H groups in total. The predicted octanol–water partition coefficient (Wildman–Crippen LogP) is 4.02. The van der Waals surface area contributed by atoms with Crippen molar-refractivity contribution in [2.24, 2.45) is 11.3 Å². The van der Waals surface area contributed by atoms with Gasteiger partial charge in [0, 0.05) is 12.6 Å². The molecule has 0 bridgehead atoms. The molecule has 0 saturated heterocycles. The van der Waals surface area contributed by atoms with E-state index >= 15 is 0 Å². The Hall–Kier alpha value is -0.820. The Morgan fingerprint density at radius 3 is 2.12 bits per heavy atom. The van der Waals surface area contributed by atoms with E-state index in [1.165, 1.54) is 5.56 Å². The molecule has 1 aromatic carbocycles. The molecule has 0 aromatic heterocycles. The SMILES string of the molecule is CC(NCC(C)(C)C(C)C)c1ccccc1. The molecule has 0 spiro atoms. The van der Waals surface area contributed by atoms with Crippen molar-refractivity contribution in [2.75, 3.05) is 6.54 Å². The fraction of sp³-hybridized carbons (Fsp3) is 0.600. The third-order valence-corrected chi connectivity index (χ3v) is 3.73. The summed E-state index contributed by atoms with van der Waals surface area (Å²) in [5.41, 5.74) is 1.71. The highest BCUT2D eigenvalue weighted by Crippen LogP contribution is 2.25. The molecule has 0 amide bonds. The summed E-state index contributed by atoms with van der Waals surface area (Å²) < 4.78 is 0. The van der Waals surface area contributed by atoms with Gasteiger partial charge in [-0.15, -0.1) is 0 Å². The summed E-state index contributed by atoms with van der Waals surface area (Å²) in [6.07, 6.45) is 0. The maximum Gasteiger partial charge on any atom is 0.0292 e. The second-order valence-electron chi connectivity index (χ2n) is 5.66. The summed E-state index contributed by atoms with van der Waals surface area (Å²) in [6, 6.07) is 11.1. The first-order valence-electron chi connectivity index (χ1n) is 6.22. The Kier molecular flexibility index (Phi) is 4.55. The van der Waals surface area contributed by atoms with Crippen LogP contribution in [0, 0.1) is 11.3 Å². The van der Waals surface area contributed by atoms with Crippen LogP contribution in [-0.4, -0.2) is 6.54 Å². The van der Waals surface area contributed by atoms with E-state index in [2.05, 4.69) is 70.3 Å². The van der Waals surface area contributed by atoms with Gasteiger partial charge in [-0.2, -0.15) is 0 Å². The fourth-order valence-corrected chi connectivity index (χ4v) is 1.48. The minimum Gasteiger partial charge on any atom is -0.310 e. The average molecular weight is 219 g/mol. The largest absolute Gasteiger partial charge is 0.310 e. The number of nitrogens with one attached hydrogen (secondary N) is 1. The maximum absolute atomic E-state index is 3.62. The van der Waals surface area contributed by atoms with Gasteiger partial charge in [-0.25, -0.2) is 0 Å². The van der Waals surface area contributed by atoms with E-state index in [0.29, 0.717) is 17.4 Å². The maximum atomic E-state index is 3.62. The first-order chi connectivity index (χ1) is 7.43. The topological polar surface area (TPSA) is 12.0 Å². The minimum atomic E-state index is 0.350. The van der Waals surface area contributed by atoms with Crippen molar-refractivity contribution >= 4 is 0 Å². The minimum absolute atomic E-state index is 0.350. The molecule has 0 aliphatic heterocycles. The monoisotopic (exact) mass is 219 g/mol. The standard InChI is InChI=1S/C15H25N/c1-12(2)15(4,5)11-16-13(3)14-9-7-6-8-10-14/h6-10,12-13,16H,11H2,1-5H3. The number of hydrogen-bond donors (Lipinski definition) is 1. The lowest BCUT2D eigenvalue weighted by atomic mass is 9.81. The number of rotatable bonds is 5. The highest BCUT2D eigenvalue weighted by molar-refractivity contribution is 5.18. The van der Waals surface area contributed by atoms with Crippen LogP contribution >= 0.6 is 0 Å². The molecular formula is C15H25N. The van der Waals surface area contributed by atoms with Gasteiger partial charge in [0.2, 0.25) is 0 Å². The zero-order valence-electron chi connectivity index (χ0n) is 11.2. The Balaban J connectivity index is 2.51. The molecule has 16 heavy (non-hydrogen) atoms. The normalized spacial score (nSPS) is 14.1. The zero-order valence-corrected chi connectivity index (χ0v) is 11.2. The van der Waals surface area contributed by atoms with Crippen molar-refractivity contribution in [1.29, 1.82) is 0 Å². The van der Waals surface area contributed by atoms with Crippen molar-refractivity contribution < 1.29 is 0 Å². The summed E-state index contributed by atoms with van der Waals surface area (Å²) in [4.78, 5) is 0. The number of hydrogen-bond acceptors (Lipinski definition) is 1. The Morgan fingerprint density at radius 2 is 1.62 bits per heavy atom. The second-order valence-corrected chi connectivity index (χ2v) is 5.66. The first-order valence-corrected chi connectivity index (χ1v) is 6.22. The van der Waals surface area contributed by atoms with Gasteiger partial charge in [0.05, 0.1) is 0 Å². The van der Waals surface area contributed by atoms with E-state index < -0.39 is 0 Å². The smallest absolute Gasteiger partial charge is 0.0292 e. The third kappa shape index (κ3) is 3.64. The van der Waals surface area contributed by atoms with Crippen molar-refractivity contribution in [3.8, 4) is 0 Å². The highest BCUT2D eigenvalue weighted by Gasteiger charge is 2.22. The average Bonchev–Trinajstić information content (AvgIpc) is 2.27. The Labute approximate surface area is 100 Å². The summed E-state index contributed by atoms with van der Waals surface area (Å²) in [6.45, 7) is 12.5. The molecule has 1 atom stereocenters. The van der Waals surface area contributed by atoms with Crippen LogP contribution in [0.15, 0.2) is 30.3 Å². The van der Waals surface area contributed by atoms with E-state index in [0.717, 1.165) is 6.54 Å². The Bertz CT molecular complexity index is 300. The molecule has 1 unspecified atom stereocenters. The Morgan fingerprint density at radius 1 is 1.06 bits per heavy atom.